The van der Waals surface area contributed by atoms with Crippen molar-refractivity contribution in [1.82, 2.24) is 20.4 Å². The minimum Gasteiger partial charge on any atom is -0.495 e. The second kappa shape index (κ2) is 16.4. The molecular formula is C32H43F3N6O3. The van der Waals surface area contributed by atoms with Gasteiger partial charge in [-0.2, -0.15) is 18.2 Å². The Balaban J connectivity index is 0.000000369. The number of nitrogens with zero attached hydrogens (tertiary/aromatic N) is 3. The molecule has 12 heteroatoms. The monoisotopic (exact) mass is 616 g/mol. The molecule has 0 bridgehead atoms. The second-order valence-corrected chi connectivity index (χ2v) is 10.9. The standard InChI is InChI=1S/C23H20F3N3O3.C6H13N.C3H10N2/c1-13(30)14-7-8-19(20(11-14)31-2)28-22-27-12-18(23(24,25)26)21(29-22)32-17-9-15-5-3-4-6-16(15)10-17;7-6-4-2-1-3-5-6;1-4-5(2)3/h3-8,11-12,17H,9-10H2,1-2H3,(H,27,28,29);6H,1-5,7H2;4H,1-3H3. The molecule has 9 nitrogen and oxygen atoms in total. The predicted molar refractivity (Wildman–Crippen MR) is 165 cm³/mol. The summed E-state index contributed by atoms with van der Waals surface area (Å²) in [5.74, 6) is -0.437. The number of carbonyl (C=O) groups excluding carboxylic acids is 1. The third-order valence-electron chi connectivity index (χ3n) is 7.30. The summed E-state index contributed by atoms with van der Waals surface area (Å²) in [5.41, 5.74) is 10.4. The van der Waals surface area contributed by atoms with Crippen molar-refractivity contribution in [3.63, 3.8) is 0 Å². The summed E-state index contributed by atoms with van der Waals surface area (Å²) in [7, 11) is 7.18. The van der Waals surface area contributed by atoms with Gasteiger partial charge in [0.25, 0.3) is 0 Å². The number of hydrazine groups is 1. The SMILES string of the molecule is CNN(C)C.COc1cc(C(C)=O)ccc1Nc1ncc(C(F)(F)F)c(OC2Cc3ccccc3C2)n1.NC1CCCCC1. The number of ether oxygens (including phenoxy) is 2. The Hall–Kier alpha value is -3.74. The molecule has 4 N–H and O–H groups in total. The van der Waals surface area contributed by atoms with Crippen LogP contribution in [0.2, 0.25) is 0 Å². The molecule has 44 heavy (non-hydrogen) atoms. The van der Waals surface area contributed by atoms with Crippen LogP contribution in [0.15, 0.2) is 48.7 Å². The highest BCUT2D eigenvalue weighted by atomic mass is 19.4. The number of nitrogens with two attached hydrogens (primary N) is 1. The Morgan fingerprint density at radius 3 is 2.14 bits per heavy atom. The number of fused-ring (bicyclic) bond motifs is 1. The van der Waals surface area contributed by atoms with Gasteiger partial charge in [0.1, 0.15) is 17.4 Å². The molecule has 0 radical (unpaired) electrons. The van der Waals surface area contributed by atoms with Crippen LogP contribution in [-0.2, 0) is 19.0 Å². The number of nitrogens with one attached hydrogen (secondary N) is 2. The minimum atomic E-state index is -4.67. The quantitative estimate of drug-likeness (QED) is 0.219. The number of hydrogen-bond donors (Lipinski definition) is 3. The summed E-state index contributed by atoms with van der Waals surface area (Å²) in [5, 5.41) is 4.72. The highest BCUT2D eigenvalue weighted by Gasteiger charge is 2.37. The van der Waals surface area contributed by atoms with Gasteiger partial charge in [-0.1, -0.05) is 43.5 Å². The highest BCUT2D eigenvalue weighted by molar-refractivity contribution is 5.95. The van der Waals surface area contributed by atoms with Crippen molar-refractivity contribution in [2.24, 2.45) is 5.73 Å². The number of aromatic nitrogens is 2. The molecule has 240 valence electrons. The summed E-state index contributed by atoms with van der Waals surface area (Å²) < 4.78 is 51.6. The number of benzene rings is 2. The van der Waals surface area contributed by atoms with Crippen molar-refractivity contribution >= 4 is 17.4 Å². The lowest BCUT2D eigenvalue weighted by Gasteiger charge is -2.18. The molecule has 0 spiro atoms. The van der Waals surface area contributed by atoms with Gasteiger partial charge in [0.15, 0.2) is 5.78 Å². The number of Topliss-reactive ketones (excluding diaryl/α,β-unsaturated/α-hetero) is 1. The van der Waals surface area contributed by atoms with Crippen LogP contribution in [0.1, 0.15) is 66.1 Å². The van der Waals surface area contributed by atoms with E-state index in [0.29, 0.717) is 42.1 Å². The molecule has 1 saturated carbocycles. The Labute approximate surface area is 257 Å². The number of rotatable bonds is 7. The van der Waals surface area contributed by atoms with Crippen molar-refractivity contribution in [2.45, 2.75) is 70.2 Å². The molecule has 0 aliphatic heterocycles. The number of ketones is 1. The van der Waals surface area contributed by atoms with Gasteiger partial charge in [-0.05, 0) is 56.1 Å². The number of carbonyl (C=O) groups is 1. The number of hydrogen-bond acceptors (Lipinski definition) is 9. The number of alkyl halides is 3. The fourth-order valence-corrected chi connectivity index (χ4v) is 4.74. The van der Waals surface area contributed by atoms with Gasteiger partial charge >= 0.3 is 6.18 Å². The van der Waals surface area contributed by atoms with Crippen molar-refractivity contribution < 1.29 is 27.4 Å². The van der Waals surface area contributed by atoms with Crippen LogP contribution >= 0.6 is 0 Å². The average molecular weight is 617 g/mol. The number of methoxy groups -OCH3 is 1. The van der Waals surface area contributed by atoms with Crippen LogP contribution in [0.3, 0.4) is 0 Å². The van der Waals surface area contributed by atoms with Crippen molar-refractivity contribution in [3.05, 3.63) is 70.9 Å². The average Bonchev–Trinajstić information content (AvgIpc) is 3.40. The van der Waals surface area contributed by atoms with E-state index in [0.717, 1.165) is 11.1 Å². The van der Waals surface area contributed by atoms with E-state index in [2.05, 4.69) is 20.7 Å². The molecule has 0 atom stereocenters. The van der Waals surface area contributed by atoms with E-state index < -0.39 is 23.7 Å². The Morgan fingerprint density at radius 1 is 1.05 bits per heavy atom. The fraction of sp³-hybridized carbons (Fsp3) is 0.469. The van der Waals surface area contributed by atoms with E-state index in [9.17, 15) is 18.0 Å². The lowest BCUT2D eigenvalue weighted by Crippen LogP contribution is -2.25. The lowest BCUT2D eigenvalue weighted by molar-refractivity contribution is -0.139. The normalized spacial score (nSPS) is 15.0. The molecule has 2 aliphatic rings. The molecule has 0 unspecified atom stereocenters. The first-order valence-electron chi connectivity index (χ1n) is 14.6. The smallest absolute Gasteiger partial charge is 0.423 e. The van der Waals surface area contributed by atoms with Gasteiger partial charge in [0.2, 0.25) is 11.8 Å². The van der Waals surface area contributed by atoms with Gasteiger partial charge in [0.05, 0.1) is 12.8 Å². The molecule has 3 aromatic rings. The Morgan fingerprint density at radius 2 is 1.66 bits per heavy atom. The lowest BCUT2D eigenvalue weighted by atomic mass is 9.97. The van der Waals surface area contributed by atoms with Crippen LogP contribution in [0.4, 0.5) is 24.8 Å². The summed E-state index contributed by atoms with van der Waals surface area (Å²) in [6.07, 6.45) is 3.24. The summed E-state index contributed by atoms with van der Waals surface area (Å²) in [6.45, 7) is 1.42. The Kier molecular flexibility index (Phi) is 12.9. The summed E-state index contributed by atoms with van der Waals surface area (Å²) in [4.78, 5) is 19.4. The van der Waals surface area contributed by atoms with Crippen LogP contribution in [0.25, 0.3) is 0 Å². The first-order valence-corrected chi connectivity index (χ1v) is 14.6. The molecular weight excluding hydrogens is 573 g/mol. The van der Waals surface area contributed by atoms with Crippen LogP contribution in [-0.4, -0.2) is 61.2 Å². The van der Waals surface area contributed by atoms with Crippen LogP contribution in [0.5, 0.6) is 11.6 Å². The van der Waals surface area contributed by atoms with E-state index in [1.54, 1.807) is 12.1 Å². The van der Waals surface area contributed by atoms with Gasteiger partial charge < -0.3 is 20.5 Å². The van der Waals surface area contributed by atoms with E-state index in [-0.39, 0.29) is 11.7 Å². The van der Waals surface area contributed by atoms with Gasteiger partial charge in [-0.25, -0.2) is 4.98 Å². The molecule has 2 aromatic carbocycles. The molecule has 0 saturated heterocycles. The second-order valence-electron chi connectivity index (χ2n) is 10.9. The molecule has 1 heterocycles. The van der Waals surface area contributed by atoms with Crippen molar-refractivity contribution in [1.29, 1.82) is 0 Å². The zero-order valence-corrected chi connectivity index (χ0v) is 26.0. The first kappa shape index (κ1) is 34.7. The zero-order valence-electron chi connectivity index (χ0n) is 26.0. The van der Waals surface area contributed by atoms with E-state index >= 15 is 0 Å². The summed E-state index contributed by atoms with van der Waals surface area (Å²) >= 11 is 0. The number of anilines is 2. The molecule has 5 rings (SSSR count). The maximum Gasteiger partial charge on any atom is 0.423 e. The Bertz CT molecular complexity index is 1340. The topological polar surface area (TPSA) is 115 Å². The highest BCUT2D eigenvalue weighted by Crippen LogP contribution is 2.37. The maximum atomic E-state index is 13.6. The van der Waals surface area contributed by atoms with Gasteiger partial charge in [0, 0.05) is 44.7 Å². The van der Waals surface area contributed by atoms with E-state index in [4.69, 9.17) is 15.2 Å². The van der Waals surface area contributed by atoms with Gasteiger partial charge in [-0.3, -0.25) is 15.2 Å². The largest absolute Gasteiger partial charge is 0.495 e. The first-order chi connectivity index (χ1) is 20.9. The van der Waals surface area contributed by atoms with Crippen LogP contribution in [0, 0.1) is 0 Å². The fourth-order valence-electron chi connectivity index (χ4n) is 4.74. The molecule has 1 fully saturated rings. The number of halogens is 3. The van der Waals surface area contributed by atoms with Crippen LogP contribution < -0.4 is 25.9 Å². The molecule has 0 amide bonds. The van der Waals surface area contributed by atoms with E-state index in [1.807, 2.05) is 50.4 Å². The third-order valence-corrected chi connectivity index (χ3v) is 7.30. The third kappa shape index (κ3) is 10.5. The zero-order chi connectivity index (χ0) is 32.3. The molecule has 1 aromatic heterocycles. The predicted octanol–water partition coefficient (Wildman–Crippen LogP) is 5.96. The van der Waals surface area contributed by atoms with Crippen molar-refractivity contribution in [2.75, 3.05) is 33.6 Å². The minimum absolute atomic E-state index is 0.0858. The van der Waals surface area contributed by atoms with Crippen molar-refractivity contribution in [3.8, 4) is 11.6 Å². The molecule has 2 aliphatic carbocycles. The maximum absolute atomic E-state index is 13.6. The van der Waals surface area contributed by atoms with Gasteiger partial charge in [-0.15, -0.1) is 0 Å². The summed E-state index contributed by atoms with van der Waals surface area (Å²) in [6, 6.07) is 12.9. The van der Waals surface area contributed by atoms with E-state index in [1.165, 1.54) is 52.2 Å².